The van der Waals surface area contributed by atoms with E-state index in [0.29, 0.717) is 22.0 Å². The third kappa shape index (κ3) is 4.94. The van der Waals surface area contributed by atoms with Crippen molar-refractivity contribution in [2.45, 2.75) is 37.8 Å². The fourth-order valence-electron chi connectivity index (χ4n) is 4.31. The summed E-state index contributed by atoms with van der Waals surface area (Å²) in [6.45, 7) is 1.99. The molecule has 0 atom stereocenters. The molecule has 0 saturated heterocycles. The van der Waals surface area contributed by atoms with E-state index in [1.54, 1.807) is 29.2 Å². The maximum absolute atomic E-state index is 13.8. The van der Waals surface area contributed by atoms with Crippen LogP contribution in [0.1, 0.15) is 34.4 Å². The van der Waals surface area contributed by atoms with Crippen molar-refractivity contribution in [1.29, 1.82) is 0 Å². The first kappa shape index (κ1) is 24.3. The zero-order valence-electron chi connectivity index (χ0n) is 20.1. The Bertz CT molecular complexity index is 1510. The molecule has 1 aliphatic carbocycles. The third-order valence-electron chi connectivity index (χ3n) is 6.20. The molecule has 2 aromatic carbocycles. The summed E-state index contributed by atoms with van der Waals surface area (Å²) in [4.78, 5) is 33.2. The highest BCUT2D eigenvalue weighted by atomic mass is 32.2. The molecule has 4 aromatic rings. The molecule has 0 aliphatic heterocycles. The Labute approximate surface area is 217 Å². The van der Waals surface area contributed by atoms with Crippen molar-refractivity contribution in [2.75, 3.05) is 12.9 Å². The summed E-state index contributed by atoms with van der Waals surface area (Å²) in [6, 6.07) is 15.1. The van der Waals surface area contributed by atoms with E-state index in [9.17, 15) is 9.59 Å². The van der Waals surface area contributed by atoms with Crippen LogP contribution in [0.2, 0.25) is 0 Å². The first-order valence-corrected chi connectivity index (χ1v) is 13.6. The number of hydrogen-bond donors (Lipinski definition) is 1. The van der Waals surface area contributed by atoms with Gasteiger partial charge in [0.05, 0.1) is 30.2 Å². The minimum absolute atomic E-state index is 0.0737. The lowest BCUT2D eigenvalue weighted by atomic mass is 9.97. The molecular weight excluding hydrogens is 492 g/mol. The number of carbonyl (C=O) groups is 1. The van der Waals surface area contributed by atoms with Gasteiger partial charge in [0, 0.05) is 4.88 Å². The van der Waals surface area contributed by atoms with Gasteiger partial charge in [-0.1, -0.05) is 36.0 Å². The first-order chi connectivity index (χ1) is 17.5. The van der Waals surface area contributed by atoms with Gasteiger partial charge in [-0.2, -0.15) is 5.10 Å². The molecule has 1 amide bonds. The van der Waals surface area contributed by atoms with Gasteiger partial charge >= 0.3 is 0 Å². The van der Waals surface area contributed by atoms with Gasteiger partial charge in [-0.3, -0.25) is 14.2 Å². The second-order valence-electron chi connectivity index (χ2n) is 8.56. The SMILES string of the molecule is COc1ccc(-n2c(SCC(=O)NN=Cc3ccccc3C)nc3sc4c(c3c2=O)CCCC4)cc1. The van der Waals surface area contributed by atoms with Crippen LogP contribution in [-0.4, -0.2) is 34.5 Å². The van der Waals surface area contributed by atoms with Gasteiger partial charge < -0.3 is 4.74 Å². The van der Waals surface area contributed by atoms with E-state index < -0.39 is 0 Å². The van der Waals surface area contributed by atoms with E-state index >= 15 is 0 Å². The third-order valence-corrected chi connectivity index (χ3v) is 8.33. The van der Waals surface area contributed by atoms with Gasteiger partial charge in [0.2, 0.25) is 0 Å². The van der Waals surface area contributed by atoms with Gasteiger partial charge in [0.1, 0.15) is 10.6 Å². The molecule has 2 heterocycles. The van der Waals surface area contributed by atoms with Crippen molar-refractivity contribution in [3.8, 4) is 11.4 Å². The summed E-state index contributed by atoms with van der Waals surface area (Å²) in [6.07, 6.45) is 5.74. The number of nitrogens with one attached hydrogen (secondary N) is 1. The highest BCUT2D eigenvalue weighted by Gasteiger charge is 2.23. The normalized spacial score (nSPS) is 13.2. The van der Waals surface area contributed by atoms with Crippen LogP contribution in [0, 0.1) is 6.92 Å². The fourth-order valence-corrected chi connectivity index (χ4v) is 6.42. The topological polar surface area (TPSA) is 85.6 Å². The molecule has 0 radical (unpaired) electrons. The Morgan fingerprint density at radius 1 is 1.19 bits per heavy atom. The quantitative estimate of drug-likeness (QED) is 0.163. The standard InChI is InChI=1S/C27H26N4O3S2/c1-17-7-3-4-8-18(17)15-28-30-23(32)16-35-27-29-25-24(21-9-5-6-10-22(21)36-25)26(33)31(27)19-11-13-20(34-2)14-12-19/h3-4,7-8,11-15H,5-6,9-10,16H2,1-2H3,(H,30,32). The fraction of sp³-hybridized carbons (Fsp3) is 0.259. The van der Waals surface area contributed by atoms with Crippen molar-refractivity contribution in [2.24, 2.45) is 5.10 Å². The smallest absolute Gasteiger partial charge is 0.267 e. The summed E-state index contributed by atoms with van der Waals surface area (Å²) in [5.74, 6) is 0.504. The Morgan fingerprint density at radius 2 is 1.97 bits per heavy atom. The van der Waals surface area contributed by atoms with Crippen LogP contribution >= 0.6 is 23.1 Å². The number of aromatic nitrogens is 2. The zero-order chi connectivity index (χ0) is 25.1. The Morgan fingerprint density at radius 3 is 2.75 bits per heavy atom. The van der Waals surface area contributed by atoms with E-state index in [1.165, 1.54) is 16.6 Å². The van der Waals surface area contributed by atoms with E-state index in [0.717, 1.165) is 47.2 Å². The van der Waals surface area contributed by atoms with Crippen molar-refractivity contribution >= 4 is 45.4 Å². The summed E-state index contributed by atoms with van der Waals surface area (Å²) >= 11 is 2.83. The predicted molar refractivity (Wildman–Crippen MR) is 146 cm³/mol. The van der Waals surface area contributed by atoms with Crippen LogP contribution in [0.15, 0.2) is 63.6 Å². The van der Waals surface area contributed by atoms with Crippen LogP contribution in [0.25, 0.3) is 15.9 Å². The molecule has 5 rings (SSSR count). The predicted octanol–water partition coefficient (Wildman–Crippen LogP) is 4.89. The van der Waals surface area contributed by atoms with E-state index in [4.69, 9.17) is 9.72 Å². The van der Waals surface area contributed by atoms with Crippen LogP contribution in [-0.2, 0) is 17.6 Å². The van der Waals surface area contributed by atoms with Crippen molar-refractivity contribution in [1.82, 2.24) is 15.0 Å². The Balaban J connectivity index is 1.44. The largest absolute Gasteiger partial charge is 0.497 e. The number of hydrogen-bond acceptors (Lipinski definition) is 7. The van der Waals surface area contributed by atoms with E-state index in [2.05, 4.69) is 10.5 Å². The molecule has 1 aliphatic rings. The van der Waals surface area contributed by atoms with E-state index in [1.807, 2.05) is 55.5 Å². The molecule has 0 unspecified atom stereocenters. The molecular formula is C27H26N4O3S2. The van der Waals surface area contributed by atoms with Gasteiger partial charge in [-0.05, 0) is 73.6 Å². The number of aryl methyl sites for hydroxylation is 3. The summed E-state index contributed by atoms with van der Waals surface area (Å²) in [5.41, 5.74) is 6.32. The molecule has 0 fully saturated rings. The lowest BCUT2D eigenvalue weighted by Crippen LogP contribution is -2.24. The highest BCUT2D eigenvalue weighted by molar-refractivity contribution is 7.99. The maximum atomic E-state index is 13.8. The lowest BCUT2D eigenvalue weighted by Gasteiger charge is -2.14. The molecule has 9 heteroatoms. The number of amides is 1. The average molecular weight is 519 g/mol. The van der Waals surface area contributed by atoms with Gasteiger partial charge in [0.15, 0.2) is 5.16 Å². The number of nitrogens with zero attached hydrogens (tertiary/aromatic N) is 3. The van der Waals surface area contributed by atoms with Gasteiger partial charge in [-0.25, -0.2) is 10.4 Å². The van der Waals surface area contributed by atoms with Gasteiger partial charge in [0.25, 0.3) is 11.5 Å². The Kier molecular flexibility index (Phi) is 7.20. The molecule has 0 spiro atoms. The summed E-state index contributed by atoms with van der Waals surface area (Å²) < 4.78 is 6.89. The highest BCUT2D eigenvalue weighted by Crippen LogP contribution is 2.35. The lowest BCUT2D eigenvalue weighted by molar-refractivity contribution is -0.118. The molecule has 36 heavy (non-hydrogen) atoms. The van der Waals surface area contributed by atoms with Crippen LogP contribution in [0.3, 0.4) is 0 Å². The van der Waals surface area contributed by atoms with Crippen LogP contribution in [0.5, 0.6) is 5.75 Å². The molecule has 1 N–H and O–H groups in total. The second kappa shape index (κ2) is 10.7. The average Bonchev–Trinajstić information content (AvgIpc) is 3.27. The number of thioether (sulfide) groups is 1. The number of methoxy groups -OCH3 is 1. The minimum atomic E-state index is -0.272. The summed E-state index contributed by atoms with van der Waals surface area (Å²) in [7, 11) is 1.61. The molecule has 184 valence electrons. The van der Waals surface area contributed by atoms with E-state index in [-0.39, 0.29) is 17.2 Å². The monoisotopic (exact) mass is 518 g/mol. The molecule has 2 aromatic heterocycles. The van der Waals surface area contributed by atoms with Gasteiger partial charge in [-0.15, -0.1) is 11.3 Å². The van der Waals surface area contributed by atoms with Crippen LogP contribution in [0.4, 0.5) is 0 Å². The molecule has 0 bridgehead atoms. The second-order valence-corrected chi connectivity index (χ2v) is 10.6. The molecule has 7 nitrogen and oxygen atoms in total. The van der Waals surface area contributed by atoms with Crippen molar-refractivity contribution in [3.05, 3.63) is 80.5 Å². The zero-order valence-corrected chi connectivity index (χ0v) is 21.7. The first-order valence-electron chi connectivity index (χ1n) is 11.8. The number of benzene rings is 2. The van der Waals surface area contributed by atoms with Crippen molar-refractivity contribution < 1.29 is 9.53 Å². The van der Waals surface area contributed by atoms with Crippen LogP contribution < -0.4 is 15.7 Å². The number of ether oxygens (including phenoxy) is 1. The number of hydrazone groups is 1. The summed E-state index contributed by atoms with van der Waals surface area (Å²) in [5, 5.41) is 5.28. The number of fused-ring (bicyclic) bond motifs is 3. The Hall–Kier alpha value is -3.43. The molecule has 0 saturated carbocycles. The maximum Gasteiger partial charge on any atom is 0.267 e. The van der Waals surface area contributed by atoms with Crippen molar-refractivity contribution in [3.63, 3.8) is 0 Å². The number of rotatable bonds is 7. The minimum Gasteiger partial charge on any atom is -0.497 e. The number of carbonyl (C=O) groups excluding carboxylic acids is 1. The number of thiophene rings is 1.